The molecule has 3 aromatic rings. The number of thioether (sulfide) groups is 1. The molecule has 142 valence electrons. The van der Waals surface area contributed by atoms with Gasteiger partial charge in [-0.3, -0.25) is 4.79 Å². The zero-order valence-electron chi connectivity index (χ0n) is 16.1. The van der Waals surface area contributed by atoms with Crippen LogP contribution in [0.15, 0.2) is 46.3 Å². The normalized spacial score (nSPS) is 11.9. The molecule has 0 aliphatic heterocycles. The van der Waals surface area contributed by atoms with Crippen LogP contribution in [0.4, 0.5) is 0 Å². The first-order valence-corrected chi connectivity index (χ1v) is 10.8. The van der Waals surface area contributed by atoms with Gasteiger partial charge in [-0.25, -0.2) is 0 Å². The van der Waals surface area contributed by atoms with Crippen LogP contribution < -0.4 is 9.54 Å². The van der Waals surface area contributed by atoms with Crippen LogP contribution in [0.25, 0.3) is 10.2 Å². The Bertz CT molecular complexity index is 1020. The molecule has 3 rings (SSSR count). The number of amides is 1. The highest BCUT2D eigenvalue weighted by atomic mass is 32.2. The summed E-state index contributed by atoms with van der Waals surface area (Å²) in [5, 5.41) is 0. The average Bonchev–Trinajstić information content (AvgIpc) is 2.99. The van der Waals surface area contributed by atoms with Gasteiger partial charge in [0.2, 0.25) is 5.91 Å². The van der Waals surface area contributed by atoms with E-state index in [-0.39, 0.29) is 5.91 Å². The van der Waals surface area contributed by atoms with Crippen molar-refractivity contribution in [2.75, 3.05) is 12.9 Å². The summed E-state index contributed by atoms with van der Waals surface area (Å²) in [6.07, 6.45) is 0.423. The molecule has 27 heavy (non-hydrogen) atoms. The van der Waals surface area contributed by atoms with Gasteiger partial charge in [-0.1, -0.05) is 17.4 Å². The van der Waals surface area contributed by atoms with Gasteiger partial charge in [-0.15, -0.1) is 11.8 Å². The van der Waals surface area contributed by atoms with E-state index in [1.54, 1.807) is 30.2 Å². The van der Waals surface area contributed by atoms with E-state index in [0.29, 0.717) is 12.2 Å². The maximum absolute atomic E-state index is 12.4. The molecule has 4 nitrogen and oxygen atoms in total. The van der Waals surface area contributed by atoms with Crippen molar-refractivity contribution >= 4 is 39.2 Å². The highest BCUT2D eigenvalue weighted by Crippen LogP contribution is 2.24. The lowest BCUT2D eigenvalue weighted by Crippen LogP contribution is -2.16. The van der Waals surface area contributed by atoms with Crippen molar-refractivity contribution in [1.29, 1.82) is 0 Å². The number of fused-ring (bicyclic) bond motifs is 1. The molecular formula is C21H24N2O2S2. The third kappa shape index (κ3) is 4.62. The van der Waals surface area contributed by atoms with Gasteiger partial charge in [-0.2, -0.15) is 4.99 Å². The zero-order valence-corrected chi connectivity index (χ0v) is 17.7. The minimum Gasteiger partial charge on any atom is -0.497 e. The molecule has 0 radical (unpaired) electrons. The van der Waals surface area contributed by atoms with Crippen molar-refractivity contribution in [3.8, 4) is 5.75 Å². The van der Waals surface area contributed by atoms with Crippen molar-refractivity contribution in [3.63, 3.8) is 0 Å². The third-order valence-electron chi connectivity index (χ3n) is 4.30. The number of rotatable bonds is 6. The average molecular weight is 401 g/mol. The highest BCUT2D eigenvalue weighted by Gasteiger charge is 2.09. The van der Waals surface area contributed by atoms with Gasteiger partial charge < -0.3 is 9.30 Å². The van der Waals surface area contributed by atoms with E-state index < -0.39 is 0 Å². The number of ether oxygens (including phenoxy) is 1. The monoisotopic (exact) mass is 400 g/mol. The Hall–Kier alpha value is -2.05. The molecule has 1 aromatic heterocycles. The Kier molecular flexibility index (Phi) is 6.39. The lowest BCUT2D eigenvalue weighted by molar-refractivity contribution is -0.117. The summed E-state index contributed by atoms with van der Waals surface area (Å²) in [6, 6.07) is 12.2. The van der Waals surface area contributed by atoms with Crippen LogP contribution in [0.1, 0.15) is 24.5 Å². The van der Waals surface area contributed by atoms with Crippen molar-refractivity contribution < 1.29 is 9.53 Å². The molecule has 1 amide bonds. The van der Waals surface area contributed by atoms with E-state index in [0.717, 1.165) is 22.0 Å². The van der Waals surface area contributed by atoms with Crippen molar-refractivity contribution in [2.24, 2.45) is 4.99 Å². The second-order valence-electron chi connectivity index (χ2n) is 6.34. The summed E-state index contributed by atoms with van der Waals surface area (Å²) in [7, 11) is 1.65. The summed E-state index contributed by atoms with van der Waals surface area (Å²) in [5.41, 5.74) is 3.63. The Morgan fingerprint density at radius 1 is 1.22 bits per heavy atom. The van der Waals surface area contributed by atoms with Crippen LogP contribution >= 0.6 is 23.1 Å². The number of hydrogen-bond donors (Lipinski definition) is 0. The second-order valence-corrected chi connectivity index (χ2v) is 8.48. The maximum Gasteiger partial charge on any atom is 0.249 e. The minimum absolute atomic E-state index is 0.0702. The lowest BCUT2D eigenvalue weighted by Gasteiger charge is -2.03. The zero-order chi connectivity index (χ0) is 19.4. The quantitative estimate of drug-likeness (QED) is 0.550. The van der Waals surface area contributed by atoms with Gasteiger partial charge >= 0.3 is 0 Å². The number of hydrogen-bond acceptors (Lipinski definition) is 4. The summed E-state index contributed by atoms with van der Waals surface area (Å²) >= 11 is 3.26. The maximum atomic E-state index is 12.4. The van der Waals surface area contributed by atoms with Crippen LogP contribution in [0.2, 0.25) is 0 Å². The third-order valence-corrected chi connectivity index (χ3v) is 6.54. The Morgan fingerprint density at radius 3 is 2.63 bits per heavy atom. The summed E-state index contributed by atoms with van der Waals surface area (Å²) in [4.78, 5) is 18.7. The molecule has 0 aliphatic carbocycles. The minimum atomic E-state index is -0.0702. The van der Waals surface area contributed by atoms with E-state index in [4.69, 9.17) is 4.74 Å². The van der Waals surface area contributed by atoms with Gasteiger partial charge in [0.25, 0.3) is 0 Å². The largest absolute Gasteiger partial charge is 0.497 e. The van der Waals surface area contributed by atoms with Crippen LogP contribution in [0, 0.1) is 13.8 Å². The van der Waals surface area contributed by atoms with E-state index >= 15 is 0 Å². The van der Waals surface area contributed by atoms with Gasteiger partial charge in [-0.05, 0) is 62.2 Å². The molecule has 0 aliphatic rings. The molecule has 1 heterocycles. The van der Waals surface area contributed by atoms with Gasteiger partial charge in [0, 0.05) is 23.6 Å². The molecule has 6 heteroatoms. The first-order valence-electron chi connectivity index (χ1n) is 8.96. The molecule has 0 saturated heterocycles. The molecule has 0 spiro atoms. The topological polar surface area (TPSA) is 43.6 Å². The number of carbonyl (C=O) groups excluding carboxylic acids is 1. The molecule has 0 fully saturated rings. The Morgan fingerprint density at radius 2 is 1.96 bits per heavy atom. The predicted octanol–water partition coefficient (Wildman–Crippen LogP) is 4.96. The molecule has 0 saturated carbocycles. The van der Waals surface area contributed by atoms with E-state index in [9.17, 15) is 4.79 Å². The number of thiazole rings is 1. The number of carbonyl (C=O) groups is 1. The fraction of sp³-hybridized carbons (Fsp3) is 0.333. The van der Waals surface area contributed by atoms with Crippen molar-refractivity contribution in [1.82, 2.24) is 4.57 Å². The van der Waals surface area contributed by atoms with Crippen LogP contribution in [0.3, 0.4) is 0 Å². The smallest absolute Gasteiger partial charge is 0.249 e. The summed E-state index contributed by atoms with van der Waals surface area (Å²) in [5.74, 6) is 1.48. The standard InChI is InChI=1S/C21H24N2O2S2/c1-5-23-18-13-14(2)12-15(3)20(18)27-21(23)22-19(24)10-11-26-17-8-6-16(25-4)7-9-17/h6-9,12-13H,5,10-11H2,1-4H3. The first-order chi connectivity index (χ1) is 13.0. The van der Waals surface area contributed by atoms with E-state index in [1.807, 2.05) is 24.3 Å². The molecule has 0 bridgehead atoms. The number of nitrogens with zero attached hydrogens (tertiary/aromatic N) is 2. The van der Waals surface area contributed by atoms with Gasteiger partial charge in [0.1, 0.15) is 5.75 Å². The lowest BCUT2D eigenvalue weighted by atomic mass is 10.1. The van der Waals surface area contributed by atoms with Crippen LogP contribution in [-0.4, -0.2) is 23.3 Å². The van der Waals surface area contributed by atoms with E-state index in [2.05, 4.69) is 42.5 Å². The molecule has 0 unspecified atom stereocenters. The van der Waals surface area contributed by atoms with Crippen LogP contribution in [-0.2, 0) is 11.3 Å². The predicted molar refractivity (Wildman–Crippen MR) is 114 cm³/mol. The van der Waals surface area contributed by atoms with Gasteiger partial charge in [0.05, 0.1) is 17.3 Å². The second kappa shape index (κ2) is 8.76. The van der Waals surface area contributed by atoms with Crippen molar-refractivity contribution in [3.05, 3.63) is 52.3 Å². The first kappa shape index (κ1) is 19.7. The molecule has 0 N–H and O–H groups in total. The van der Waals surface area contributed by atoms with E-state index in [1.165, 1.54) is 21.3 Å². The Balaban J connectivity index is 1.73. The number of methoxy groups -OCH3 is 1. The number of benzene rings is 2. The molecular weight excluding hydrogens is 376 g/mol. The molecule has 0 atom stereocenters. The summed E-state index contributed by atoms with van der Waals surface area (Å²) in [6.45, 7) is 7.11. The van der Waals surface area contributed by atoms with Gasteiger partial charge in [0.15, 0.2) is 4.80 Å². The summed E-state index contributed by atoms with van der Waals surface area (Å²) < 4.78 is 8.50. The SMILES string of the molecule is CCn1c(=NC(=O)CCSc2ccc(OC)cc2)sc2c(C)cc(C)cc21. The number of aryl methyl sites for hydroxylation is 3. The van der Waals surface area contributed by atoms with Crippen LogP contribution in [0.5, 0.6) is 5.75 Å². The number of aromatic nitrogens is 1. The molecule has 2 aromatic carbocycles. The highest BCUT2D eigenvalue weighted by molar-refractivity contribution is 7.99. The fourth-order valence-electron chi connectivity index (χ4n) is 2.99. The fourth-order valence-corrected chi connectivity index (χ4v) is 5.00. The van der Waals surface area contributed by atoms with Crippen molar-refractivity contribution in [2.45, 2.75) is 38.6 Å². The Labute approximate surface area is 167 Å².